The standard InChI is InChI=1S/C15H21N3O2S/c1-2-3-10(6-7-19)9-17-14(20)11-4-5-12-13(8-11)21-15(16)18-12/h4-5,8,10,19H,2-3,6-7,9H2,1H3,(H2,16,18)(H,17,20). The van der Waals surface area contributed by atoms with Crippen LogP contribution in [0.25, 0.3) is 10.2 Å². The van der Waals surface area contributed by atoms with Gasteiger partial charge in [0.2, 0.25) is 0 Å². The second-order valence-corrected chi connectivity index (χ2v) is 6.17. The molecule has 0 bridgehead atoms. The van der Waals surface area contributed by atoms with Crippen molar-refractivity contribution in [1.29, 1.82) is 0 Å². The number of carbonyl (C=O) groups is 1. The smallest absolute Gasteiger partial charge is 0.251 e. The first kappa shape index (κ1) is 15.7. The summed E-state index contributed by atoms with van der Waals surface area (Å²) in [6.07, 6.45) is 2.77. The second-order valence-electron chi connectivity index (χ2n) is 5.11. The molecule has 1 amide bonds. The SMILES string of the molecule is CCCC(CCO)CNC(=O)c1ccc2nc(N)sc2c1. The van der Waals surface area contributed by atoms with E-state index < -0.39 is 0 Å². The van der Waals surface area contributed by atoms with Crippen molar-refractivity contribution in [2.75, 3.05) is 18.9 Å². The second kappa shape index (κ2) is 7.38. The Balaban J connectivity index is 2.00. The van der Waals surface area contributed by atoms with Gasteiger partial charge in [0.15, 0.2) is 5.13 Å². The van der Waals surface area contributed by atoms with E-state index in [1.807, 2.05) is 12.1 Å². The molecule has 1 aromatic heterocycles. The summed E-state index contributed by atoms with van der Waals surface area (Å²) in [6.45, 7) is 2.86. The highest BCUT2D eigenvalue weighted by atomic mass is 32.1. The van der Waals surface area contributed by atoms with Gasteiger partial charge in [-0.05, 0) is 37.0 Å². The maximum atomic E-state index is 12.2. The molecule has 2 rings (SSSR count). The number of benzene rings is 1. The lowest BCUT2D eigenvalue weighted by molar-refractivity contribution is 0.0943. The molecule has 6 heteroatoms. The van der Waals surface area contributed by atoms with E-state index in [1.54, 1.807) is 6.07 Å². The molecule has 1 atom stereocenters. The minimum atomic E-state index is -0.0945. The monoisotopic (exact) mass is 307 g/mol. The average molecular weight is 307 g/mol. The van der Waals surface area contributed by atoms with Crippen molar-refractivity contribution in [1.82, 2.24) is 10.3 Å². The van der Waals surface area contributed by atoms with Crippen LogP contribution >= 0.6 is 11.3 Å². The molecule has 0 aliphatic rings. The van der Waals surface area contributed by atoms with E-state index in [-0.39, 0.29) is 12.5 Å². The number of nitrogen functional groups attached to an aromatic ring is 1. The van der Waals surface area contributed by atoms with Gasteiger partial charge in [-0.25, -0.2) is 4.98 Å². The Morgan fingerprint density at radius 3 is 3.00 bits per heavy atom. The van der Waals surface area contributed by atoms with Crippen molar-refractivity contribution < 1.29 is 9.90 Å². The summed E-state index contributed by atoms with van der Waals surface area (Å²) in [5.41, 5.74) is 7.10. The number of nitrogens with zero attached hydrogens (tertiary/aromatic N) is 1. The van der Waals surface area contributed by atoms with Crippen LogP contribution in [0.2, 0.25) is 0 Å². The predicted octanol–water partition coefficient (Wildman–Crippen LogP) is 2.41. The van der Waals surface area contributed by atoms with Gasteiger partial charge in [-0.15, -0.1) is 0 Å². The molecule has 2 aromatic rings. The largest absolute Gasteiger partial charge is 0.396 e. The minimum absolute atomic E-state index is 0.0945. The van der Waals surface area contributed by atoms with Crippen LogP contribution in [0.4, 0.5) is 5.13 Å². The Bertz CT molecular complexity index is 606. The predicted molar refractivity (Wildman–Crippen MR) is 86.5 cm³/mol. The highest BCUT2D eigenvalue weighted by Gasteiger charge is 2.12. The molecule has 0 fully saturated rings. The van der Waals surface area contributed by atoms with Gasteiger partial charge < -0.3 is 16.2 Å². The van der Waals surface area contributed by atoms with Crippen molar-refractivity contribution in [3.05, 3.63) is 23.8 Å². The molecule has 0 aliphatic carbocycles. The molecule has 0 saturated carbocycles. The molecule has 0 saturated heterocycles. The number of amides is 1. The number of anilines is 1. The van der Waals surface area contributed by atoms with Gasteiger partial charge in [0, 0.05) is 18.7 Å². The molecule has 1 aromatic carbocycles. The van der Waals surface area contributed by atoms with Gasteiger partial charge in [-0.1, -0.05) is 24.7 Å². The Hall–Kier alpha value is -1.66. The number of aromatic nitrogens is 1. The summed E-state index contributed by atoms with van der Waals surface area (Å²) >= 11 is 1.38. The molecule has 0 aliphatic heterocycles. The number of hydrogen-bond donors (Lipinski definition) is 3. The van der Waals surface area contributed by atoms with Gasteiger partial charge in [0.1, 0.15) is 0 Å². The first-order chi connectivity index (χ1) is 10.1. The summed E-state index contributed by atoms with van der Waals surface area (Å²) in [5, 5.41) is 12.5. The molecule has 4 N–H and O–H groups in total. The number of carbonyl (C=O) groups excluding carboxylic acids is 1. The highest BCUT2D eigenvalue weighted by Crippen LogP contribution is 2.24. The topological polar surface area (TPSA) is 88.2 Å². The zero-order valence-corrected chi connectivity index (χ0v) is 12.9. The molecule has 0 radical (unpaired) electrons. The number of aliphatic hydroxyl groups is 1. The zero-order chi connectivity index (χ0) is 15.2. The number of hydrogen-bond acceptors (Lipinski definition) is 5. The van der Waals surface area contributed by atoms with E-state index in [9.17, 15) is 4.79 Å². The molecular formula is C15H21N3O2S. The molecule has 21 heavy (non-hydrogen) atoms. The third kappa shape index (κ3) is 4.15. The third-order valence-corrected chi connectivity index (χ3v) is 4.30. The number of fused-ring (bicyclic) bond motifs is 1. The van der Waals surface area contributed by atoms with Gasteiger partial charge in [0.05, 0.1) is 10.2 Å². The van der Waals surface area contributed by atoms with Gasteiger partial charge in [0.25, 0.3) is 5.91 Å². The van der Waals surface area contributed by atoms with E-state index in [2.05, 4.69) is 17.2 Å². The van der Waals surface area contributed by atoms with Crippen molar-refractivity contribution >= 4 is 32.6 Å². The fraction of sp³-hybridized carbons (Fsp3) is 0.467. The fourth-order valence-electron chi connectivity index (χ4n) is 2.36. The summed E-state index contributed by atoms with van der Waals surface area (Å²) in [4.78, 5) is 16.4. The average Bonchev–Trinajstić information content (AvgIpc) is 2.84. The molecule has 0 spiro atoms. The van der Waals surface area contributed by atoms with E-state index in [0.717, 1.165) is 29.5 Å². The van der Waals surface area contributed by atoms with Gasteiger partial charge >= 0.3 is 0 Å². The fourth-order valence-corrected chi connectivity index (χ4v) is 3.14. The minimum Gasteiger partial charge on any atom is -0.396 e. The maximum absolute atomic E-state index is 12.2. The van der Waals surface area contributed by atoms with Crippen LogP contribution in [0, 0.1) is 5.92 Å². The molecule has 1 unspecified atom stereocenters. The molecule has 5 nitrogen and oxygen atoms in total. The maximum Gasteiger partial charge on any atom is 0.251 e. The number of aliphatic hydroxyl groups excluding tert-OH is 1. The number of nitrogens with one attached hydrogen (secondary N) is 1. The summed E-state index contributed by atoms with van der Waals surface area (Å²) in [6, 6.07) is 5.39. The summed E-state index contributed by atoms with van der Waals surface area (Å²) in [5.74, 6) is 0.231. The quantitative estimate of drug-likeness (QED) is 0.733. The lowest BCUT2D eigenvalue weighted by Crippen LogP contribution is -2.29. The van der Waals surface area contributed by atoms with Crippen molar-refractivity contribution in [3.8, 4) is 0 Å². The zero-order valence-electron chi connectivity index (χ0n) is 12.1. The first-order valence-electron chi connectivity index (χ1n) is 7.19. The lowest BCUT2D eigenvalue weighted by atomic mass is 10.00. The van der Waals surface area contributed by atoms with Crippen molar-refractivity contribution in [2.45, 2.75) is 26.2 Å². The van der Waals surface area contributed by atoms with Crippen LogP contribution < -0.4 is 11.1 Å². The Morgan fingerprint density at radius 1 is 1.48 bits per heavy atom. The van der Waals surface area contributed by atoms with Gasteiger partial charge in [-0.3, -0.25) is 4.79 Å². The molecule has 1 heterocycles. The number of rotatable bonds is 7. The van der Waals surface area contributed by atoms with Crippen LogP contribution in [0.3, 0.4) is 0 Å². The molecular weight excluding hydrogens is 286 g/mol. The van der Waals surface area contributed by atoms with Crippen LogP contribution in [0.15, 0.2) is 18.2 Å². The summed E-state index contributed by atoms with van der Waals surface area (Å²) in [7, 11) is 0. The van der Waals surface area contributed by atoms with E-state index in [0.29, 0.717) is 23.2 Å². The van der Waals surface area contributed by atoms with Gasteiger partial charge in [-0.2, -0.15) is 0 Å². The molecule has 114 valence electrons. The van der Waals surface area contributed by atoms with Crippen LogP contribution in [0.1, 0.15) is 36.5 Å². The van der Waals surface area contributed by atoms with Crippen molar-refractivity contribution in [2.24, 2.45) is 5.92 Å². The van der Waals surface area contributed by atoms with E-state index in [1.165, 1.54) is 11.3 Å². The normalized spacial score (nSPS) is 12.5. The van der Waals surface area contributed by atoms with Crippen LogP contribution in [-0.2, 0) is 0 Å². The first-order valence-corrected chi connectivity index (χ1v) is 8.00. The number of nitrogens with two attached hydrogens (primary N) is 1. The van der Waals surface area contributed by atoms with Crippen molar-refractivity contribution in [3.63, 3.8) is 0 Å². The van der Waals surface area contributed by atoms with Crippen LogP contribution in [0.5, 0.6) is 0 Å². The van der Waals surface area contributed by atoms with E-state index >= 15 is 0 Å². The number of thiazole rings is 1. The summed E-state index contributed by atoms with van der Waals surface area (Å²) < 4.78 is 0.917. The Morgan fingerprint density at radius 2 is 2.29 bits per heavy atom. The highest BCUT2D eigenvalue weighted by molar-refractivity contribution is 7.22. The Labute approximate surface area is 128 Å². The van der Waals surface area contributed by atoms with E-state index in [4.69, 9.17) is 10.8 Å². The Kier molecular flexibility index (Phi) is 5.52. The third-order valence-electron chi connectivity index (χ3n) is 3.45. The lowest BCUT2D eigenvalue weighted by Gasteiger charge is -2.15. The van der Waals surface area contributed by atoms with Crippen LogP contribution in [-0.4, -0.2) is 29.1 Å².